The monoisotopic (exact) mass is 629 g/mol. The fourth-order valence-corrected chi connectivity index (χ4v) is 6.44. The second-order valence-electron chi connectivity index (χ2n) is 12.0. The summed E-state index contributed by atoms with van der Waals surface area (Å²) < 4.78 is 53.7. The average molecular weight is 630 g/mol. The van der Waals surface area contributed by atoms with Gasteiger partial charge in [0, 0.05) is 35.7 Å². The van der Waals surface area contributed by atoms with Crippen LogP contribution in [0.15, 0.2) is 91.0 Å². The zero-order valence-corrected chi connectivity index (χ0v) is 24.7. The molecule has 0 atom stereocenters. The summed E-state index contributed by atoms with van der Waals surface area (Å²) in [5.74, 6) is 0.133. The van der Waals surface area contributed by atoms with Gasteiger partial charge in [-0.15, -0.1) is 13.2 Å². The van der Waals surface area contributed by atoms with E-state index in [-0.39, 0.29) is 49.1 Å². The number of rotatable bonds is 9. The molecule has 1 aliphatic carbocycles. The van der Waals surface area contributed by atoms with Crippen LogP contribution < -0.4 is 14.4 Å². The van der Waals surface area contributed by atoms with E-state index in [1.165, 1.54) is 0 Å². The zero-order valence-electron chi connectivity index (χ0n) is 24.7. The summed E-state index contributed by atoms with van der Waals surface area (Å²) >= 11 is 0. The summed E-state index contributed by atoms with van der Waals surface area (Å²) in [5.41, 5.74) is 3.67. The van der Waals surface area contributed by atoms with Gasteiger partial charge < -0.3 is 14.4 Å². The lowest BCUT2D eigenvalue weighted by atomic mass is 9.61. The van der Waals surface area contributed by atoms with Crippen molar-refractivity contribution < 1.29 is 37.0 Å². The number of anilines is 1. The van der Waals surface area contributed by atoms with Gasteiger partial charge in [-0.2, -0.15) is 4.98 Å². The Bertz CT molecular complexity index is 1750. The van der Waals surface area contributed by atoms with E-state index in [2.05, 4.69) is 9.72 Å². The van der Waals surface area contributed by atoms with E-state index in [0.29, 0.717) is 48.0 Å². The molecule has 1 aromatic heterocycles. The molecule has 3 aliphatic rings. The van der Waals surface area contributed by atoms with Crippen LogP contribution in [0, 0.1) is 5.41 Å². The minimum absolute atomic E-state index is 0.212. The quantitative estimate of drug-likeness (QED) is 0.209. The van der Waals surface area contributed by atoms with Gasteiger partial charge in [-0.3, -0.25) is 19.2 Å². The van der Waals surface area contributed by atoms with E-state index in [4.69, 9.17) is 9.47 Å². The van der Waals surface area contributed by atoms with Crippen molar-refractivity contribution in [2.45, 2.75) is 45.1 Å². The van der Waals surface area contributed by atoms with Crippen LogP contribution in [0.2, 0.25) is 0 Å². The van der Waals surface area contributed by atoms with Crippen molar-refractivity contribution in [1.29, 1.82) is 0 Å². The molecule has 2 fully saturated rings. The van der Waals surface area contributed by atoms with Gasteiger partial charge in [-0.25, -0.2) is 0 Å². The maximum absolute atomic E-state index is 13.6. The summed E-state index contributed by atoms with van der Waals surface area (Å²) in [5, 5.41) is 0. The molecule has 0 N–H and O–H groups in total. The fraction of sp³-hybridized carbons (Fsp3) is 0.286. The predicted octanol–water partition coefficient (Wildman–Crippen LogP) is 6.54. The van der Waals surface area contributed by atoms with Crippen LogP contribution >= 0.6 is 0 Å². The third-order valence-electron chi connectivity index (χ3n) is 8.67. The van der Waals surface area contributed by atoms with Gasteiger partial charge in [0.2, 0.25) is 11.8 Å². The second-order valence-corrected chi connectivity index (χ2v) is 12.0. The number of nitrogens with zero attached hydrogens (tertiary/aromatic N) is 3. The van der Waals surface area contributed by atoms with Crippen LogP contribution in [0.3, 0.4) is 0 Å². The maximum atomic E-state index is 13.6. The summed E-state index contributed by atoms with van der Waals surface area (Å²) in [6, 6.07) is 27.7. The molecule has 1 spiro atoms. The lowest BCUT2D eigenvalue weighted by molar-refractivity contribution is -0.363. The Morgan fingerprint density at radius 1 is 0.870 bits per heavy atom. The van der Waals surface area contributed by atoms with E-state index < -0.39 is 12.5 Å². The van der Waals surface area contributed by atoms with Crippen LogP contribution in [-0.2, 0) is 24.5 Å². The minimum Gasteiger partial charge on any atom is -0.473 e. The summed E-state index contributed by atoms with van der Waals surface area (Å²) in [4.78, 5) is 34.6. The normalized spacial score (nSPS) is 17.0. The van der Waals surface area contributed by atoms with Crippen LogP contribution in [0.5, 0.6) is 11.8 Å². The molecule has 0 bridgehead atoms. The highest BCUT2D eigenvalue weighted by Gasteiger charge is 2.56. The van der Waals surface area contributed by atoms with Gasteiger partial charge in [-0.05, 0) is 53.8 Å². The van der Waals surface area contributed by atoms with Crippen LogP contribution in [0.25, 0.3) is 0 Å². The molecule has 4 aromatic rings. The van der Waals surface area contributed by atoms with E-state index in [1.54, 1.807) is 40.1 Å². The lowest BCUT2D eigenvalue weighted by Crippen LogP contribution is -2.65. The number of carbonyl (C=O) groups excluding carboxylic acids is 2. The molecule has 2 aliphatic heterocycles. The van der Waals surface area contributed by atoms with E-state index in [0.717, 1.165) is 11.1 Å². The number of pyridine rings is 1. The van der Waals surface area contributed by atoms with Crippen molar-refractivity contribution in [3.63, 3.8) is 0 Å². The molecule has 46 heavy (non-hydrogen) atoms. The highest BCUT2D eigenvalue weighted by Crippen LogP contribution is 2.51. The third-order valence-corrected chi connectivity index (χ3v) is 8.67. The number of amides is 2. The molecule has 1 saturated carbocycles. The molecule has 1 saturated heterocycles. The first-order valence-electron chi connectivity index (χ1n) is 15.0. The number of carbonyl (C=O) groups is 2. The van der Waals surface area contributed by atoms with Crippen molar-refractivity contribution >= 4 is 17.5 Å². The van der Waals surface area contributed by atoms with Crippen molar-refractivity contribution in [2.75, 3.05) is 18.0 Å². The second kappa shape index (κ2) is 11.8. The van der Waals surface area contributed by atoms with Crippen molar-refractivity contribution in [3.05, 3.63) is 119 Å². The Morgan fingerprint density at radius 2 is 1.52 bits per heavy atom. The Labute approximate surface area is 263 Å². The third kappa shape index (κ3) is 6.15. The number of halogens is 3. The first kappa shape index (κ1) is 29.8. The van der Waals surface area contributed by atoms with Crippen molar-refractivity contribution in [1.82, 2.24) is 9.88 Å². The summed E-state index contributed by atoms with van der Waals surface area (Å²) in [6.07, 6.45) is -4.94. The minimum atomic E-state index is -4.65. The topological polar surface area (TPSA) is 81.2 Å². The first-order chi connectivity index (χ1) is 22.1. The maximum Gasteiger partial charge on any atom is 0.522 e. The highest BCUT2D eigenvalue weighted by molar-refractivity contribution is 6.11. The number of ether oxygens (including phenoxy) is 3. The first-order valence-corrected chi connectivity index (χ1v) is 15.0. The largest absolute Gasteiger partial charge is 0.522 e. The molecule has 3 heterocycles. The molecular weight excluding hydrogens is 599 g/mol. The highest BCUT2D eigenvalue weighted by atomic mass is 19.4. The number of hydrogen-bond donors (Lipinski definition) is 0. The molecule has 2 amide bonds. The Kier molecular flexibility index (Phi) is 7.64. The number of alkyl halides is 3. The number of benzene rings is 3. The van der Waals surface area contributed by atoms with Gasteiger partial charge in [0.15, 0.2) is 0 Å². The van der Waals surface area contributed by atoms with E-state index in [9.17, 15) is 22.8 Å². The molecule has 7 rings (SSSR count). The number of hydrogen-bond acceptors (Lipinski definition) is 6. The van der Waals surface area contributed by atoms with Gasteiger partial charge >= 0.3 is 6.36 Å². The Morgan fingerprint density at radius 3 is 2.17 bits per heavy atom. The molecular formula is C35H30F3N3O5. The molecule has 8 nitrogen and oxygen atoms in total. The number of fused-ring (bicyclic) bond motifs is 1. The van der Waals surface area contributed by atoms with Gasteiger partial charge in [0.1, 0.15) is 18.9 Å². The Hall–Kier alpha value is -4.90. The molecule has 0 radical (unpaired) electrons. The van der Waals surface area contributed by atoms with Crippen LogP contribution in [0.4, 0.5) is 18.9 Å². The van der Waals surface area contributed by atoms with Gasteiger partial charge in [0.05, 0.1) is 12.6 Å². The smallest absolute Gasteiger partial charge is 0.473 e. The van der Waals surface area contributed by atoms with Crippen molar-refractivity contribution in [3.8, 4) is 11.8 Å². The molecule has 11 heteroatoms. The fourth-order valence-electron chi connectivity index (χ4n) is 6.44. The Balaban J connectivity index is 1.05. The molecule has 236 valence electrons. The van der Waals surface area contributed by atoms with E-state index >= 15 is 0 Å². The van der Waals surface area contributed by atoms with E-state index in [1.807, 2.05) is 60.7 Å². The molecule has 3 aromatic carbocycles. The van der Waals surface area contributed by atoms with Crippen LogP contribution in [0.1, 0.15) is 50.2 Å². The number of likely N-dealkylation sites (tertiary alicyclic amines) is 1. The lowest BCUT2D eigenvalue weighted by Gasteiger charge is -2.58. The zero-order chi connectivity index (χ0) is 31.9. The van der Waals surface area contributed by atoms with Crippen LogP contribution in [-0.4, -0.2) is 47.3 Å². The van der Waals surface area contributed by atoms with Gasteiger partial charge in [0.25, 0.3) is 11.8 Å². The average Bonchev–Trinajstić information content (AvgIpc) is 3.34. The van der Waals surface area contributed by atoms with Crippen molar-refractivity contribution in [2.24, 2.45) is 5.41 Å². The summed E-state index contributed by atoms with van der Waals surface area (Å²) in [6.45, 7) is 1.53. The number of aromatic nitrogens is 1. The standard InChI is InChI=1S/C35H30F3N3O5/c36-35(37,38)46-27-16-34(17-27)21-40(22-34)32(42)25-11-12-28-26(15-25)18-41(33(28)43)29-13-14-30(44-19-23-7-3-1-4-8-23)39-31(29)45-20-24-9-5-2-6-10-24/h1-15,27H,16-22H2. The molecule has 0 unspecified atom stereocenters. The SMILES string of the molecule is O=C(c1ccc2c(c1)CN(c1ccc(OCc3ccccc3)nc1OCc1ccccc1)C2=O)N1CC2(CC(OC(F)(F)F)C2)C1. The predicted molar refractivity (Wildman–Crippen MR) is 161 cm³/mol. The summed E-state index contributed by atoms with van der Waals surface area (Å²) in [7, 11) is 0. The van der Waals surface area contributed by atoms with Gasteiger partial charge in [-0.1, -0.05) is 60.7 Å².